The van der Waals surface area contributed by atoms with Gasteiger partial charge in [-0.05, 0) is 11.6 Å². The molecule has 3 aliphatic heterocycles. The van der Waals surface area contributed by atoms with Crippen molar-refractivity contribution in [3.8, 4) is 17.1 Å². The van der Waals surface area contributed by atoms with E-state index in [1.807, 2.05) is 30.3 Å². The van der Waals surface area contributed by atoms with Crippen LogP contribution in [0.4, 0.5) is 9.18 Å². The average molecular weight is 509 g/mol. The fraction of sp³-hybridized carbons (Fsp3) is 0.308. The van der Waals surface area contributed by atoms with E-state index in [4.69, 9.17) is 14.2 Å². The van der Waals surface area contributed by atoms with E-state index in [-0.39, 0.29) is 30.6 Å². The minimum Gasteiger partial charge on any atom is -0.470 e. The van der Waals surface area contributed by atoms with Gasteiger partial charge in [-0.15, -0.1) is 0 Å². The van der Waals surface area contributed by atoms with E-state index in [1.54, 1.807) is 18.3 Å². The second kappa shape index (κ2) is 9.51. The molecular formula is C26H25FN4O6. The summed E-state index contributed by atoms with van der Waals surface area (Å²) in [6, 6.07) is 10.4. The minimum atomic E-state index is -0.659. The molecule has 0 radical (unpaired) electrons. The van der Waals surface area contributed by atoms with Crippen molar-refractivity contribution in [3.05, 3.63) is 71.8 Å². The number of aromatic nitrogens is 2. The van der Waals surface area contributed by atoms with Gasteiger partial charge in [-0.2, -0.15) is 0 Å². The van der Waals surface area contributed by atoms with E-state index in [9.17, 15) is 9.90 Å². The molecular weight excluding hydrogens is 483 g/mol. The van der Waals surface area contributed by atoms with Crippen LogP contribution in [0.3, 0.4) is 0 Å². The third-order valence-corrected chi connectivity index (χ3v) is 6.65. The summed E-state index contributed by atoms with van der Waals surface area (Å²) in [5, 5.41) is 15.7. The molecule has 10 nitrogen and oxygen atoms in total. The lowest BCUT2D eigenvalue weighted by Gasteiger charge is -2.19. The van der Waals surface area contributed by atoms with Crippen LogP contribution in [0.15, 0.2) is 60.4 Å². The van der Waals surface area contributed by atoms with E-state index in [2.05, 4.69) is 25.3 Å². The summed E-state index contributed by atoms with van der Waals surface area (Å²) < 4.78 is 36.8. The lowest BCUT2D eigenvalue weighted by Crippen LogP contribution is -2.34. The molecule has 4 N–H and O–H groups in total. The SMILES string of the molecule is COC(=O)NC1=CNC(c2ccc(-c3nc4cc(O[C@@H]5COC6C5OC[C@H]6O)[nH]c4cc3F)cc2)C=C1. The Morgan fingerprint density at radius 1 is 1.19 bits per heavy atom. The minimum absolute atomic E-state index is 0.106. The van der Waals surface area contributed by atoms with Crippen LogP contribution in [-0.4, -0.2) is 65.9 Å². The number of ether oxygens (including phenoxy) is 4. The third kappa shape index (κ3) is 4.52. The molecule has 0 saturated carbocycles. The molecule has 2 aromatic heterocycles. The molecule has 0 bridgehead atoms. The van der Waals surface area contributed by atoms with Gasteiger partial charge in [0.15, 0.2) is 17.8 Å². The molecule has 2 saturated heterocycles. The number of benzene rings is 1. The number of carbonyl (C=O) groups is 1. The van der Waals surface area contributed by atoms with Crippen LogP contribution in [0.2, 0.25) is 0 Å². The number of alkyl carbamates (subject to hydrolysis) is 1. The van der Waals surface area contributed by atoms with Crippen LogP contribution in [0.5, 0.6) is 5.88 Å². The Kier molecular flexibility index (Phi) is 6.03. The van der Waals surface area contributed by atoms with E-state index in [1.165, 1.54) is 13.2 Å². The predicted octanol–water partition coefficient (Wildman–Crippen LogP) is 2.67. The first-order valence-electron chi connectivity index (χ1n) is 11.9. The van der Waals surface area contributed by atoms with Gasteiger partial charge in [0.2, 0.25) is 0 Å². The quantitative estimate of drug-likeness (QED) is 0.414. The molecule has 11 heteroatoms. The van der Waals surface area contributed by atoms with Crippen molar-refractivity contribution in [1.29, 1.82) is 0 Å². The maximum Gasteiger partial charge on any atom is 0.411 e. The highest BCUT2D eigenvalue weighted by molar-refractivity contribution is 5.81. The Balaban J connectivity index is 1.16. The van der Waals surface area contributed by atoms with E-state index in [0.29, 0.717) is 34.8 Å². The number of aliphatic hydroxyl groups is 1. The predicted molar refractivity (Wildman–Crippen MR) is 130 cm³/mol. The van der Waals surface area contributed by atoms with Crippen molar-refractivity contribution in [2.24, 2.45) is 0 Å². The molecule has 0 spiro atoms. The molecule has 3 aliphatic rings. The number of aliphatic hydroxyl groups excluding tert-OH is 1. The number of hydrogen-bond acceptors (Lipinski definition) is 8. The zero-order valence-corrected chi connectivity index (χ0v) is 19.8. The Hall–Kier alpha value is -3.93. The summed E-state index contributed by atoms with van der Waals surface area (Å²) in [6.45, 7) is 0.513. The fourth-order valence-corrected chi connectivity index (χ4v) is 4.77. The van der Waals surface area contributed by atoms with Gasteiger partial charge >= 0.3 is 6.09 Å². The van der Waals surface area contributed by atoms with Crippen molar-refractivity contribution in [3.63, 3.8) is 0 Å². The van der Waals surface area contributed by atoms with Gasteiger partial charge in [0.1, 0.15) is 24.0 Å². The number of carbonyl (C=O) groups excluding carboxylic acids is 1. The maximum absolute atomic E-state index is 15.0. The van der Waals surface area contributed by atoms with Gasteiger partial charge in [0.05, 0.1) is 43.1 Å². The van der Waals surface area contributed by atoms with Crippen molar-refractivity contribution in [1.82, 2.24) is 20.6 Å². The number of dihydropyridines is 1. The van der Waals surface area contributed by atoms with Crippen LogP contribution >= 0.6 is 0 Å². The number of H-pyrrole nitrogens is 1. The summed E-state index contributed by atoms with van der Waals surface area (Å²) in [7, 11) is 1.30. The summed E-state index contributed by atoms with van der Waals surface area (Å²) in [4.78, 5) is 18.9. The number of nitrogens with zero attached hydrogens (tertiary/aromatic N) is 1. The zero-order valence-electron chi connectivity index (χ0n) is 19.8. The first kappa shape index (κ1) is 23.5. The molecule has 3 unspecified atom stereocenters. The van der Waals surface area contributed by atoms with E-state index < -0.39 is 24.1 Å². The number of hydrogen-bond donors (Lipinski definition) is 4. The number of rotatable bonds is 5. The zero-order chi connectivity index (χ0) is 25.5. The monoisotopic (exact) mass is 508 g/mol. The highest BCUT2D eigenvalue weighted by atomic mass is 19.1. The molecule has 1 aromatic carbocycles. The highest BCUT2D eigenvalue weighted by Gasteiger charge is 2.48. The first-order chi connectivity index (χ1) is 18.0. The topological polar surface area (TPSA) is 127 Å². The number of aromatic amines is 1. The third-order valence-electron chi connectivity index (χ3n) is 6.65. The molecule has 5 heterocycles. The number of nitrogens with one attached hydrogen (secondary N) is 3. The second-order valence-electron chi connectivity index (χ2n) is 9.05. The number of fused-ring (bicyclic) bond motifs is 2. The number of methoxy groups -OCH3 is 1. The van der Waals surface area contributed by atoms with Gasteiger partial charge in [0, 0.05) is 23.9 Å². The Morgan fingerprint density at radius 2 is 2.00 bits per heavy atom. The molecule has 192 valence electrons. The smallest absolute Gasteiger partial charge is 0.411 e. The summed E-state index contributed by atoms with van der Waals surface area (Å²) in [5.74, 6) is -0.0322. The van der Waals surface area contributed by atoms with Crippen LogP contribution in [0.1, 0.15) is 11.6 Å². The maximum atomic E-state index is 15.0. The number of amides is 1. The van der Waals surface area contributed by atoms with Crippen LogP contribution in [-0.2, 0) is 14.2 Å². The summed E-state index contributed by atoms with van der Waals surface area (Å²) >= 11 is 0. The summed E-state index contributed by atoms with van der Waals surface area (Å²) in [5.41, 5.74) is 3.48. The Morgan fingerprint density at radius 3 is 2.76 bits per heavy atom. The standard InChI is InChI=1S/C26H25FN4O6/c1-34-26(33)29-15-6-7-17(28-10-15)13-2-4-14(5-3-13)23-16(27)8-18-19(31-23)9-22(30-18)37-21-12-36-24-20(32)11-35-25(21)24/h2-10,17,20-21,24-25,28,30,32H,11-12H2,1H3,(H,29,33)/t17?,20-,21-,24?,25?/m1/s1. The lowest BCUT2D eigenvalue weighted by molar-refractivity contribution is 0.00794. The fourth-order valence-electron chi connectivity index (χ4n) is 4.77. The van der Waals surface area contributed by atoms with Gasteiger partial charge in [-0.3, -0.25) is 5.32 Å². The second-order valence-corrected chi connectivity index (χ2v) is 9.05. The van der Waals surface area contributed by atoms with Crippen molar-refractivity contribution < 1.29 is 33.2 Å². The Labute approximate surface area is 211 Å². The van der Waals surface area contributed by atoms with Crippen molar-refractivity contribution >= 4 is 17.1 Å². The average Bonchev–Trinajstić information content (AvgIpc) is 3.60. The normalized spacial score (nSPS) is 26.5. The van der Waals surface area contributed by atoms with Crippen LogP contribution in [0, 0.1) is 5.82 Å². The van der Waals surface area contributed by atoms with Crippen LogP contribution < -0.4 is 15.4 Å². The first-order valence-corrected chi connectivity index (χ1v) is 11.9. The van der Waals surface area contributed by atoms with Gasteiger partial charge in [0.25, 0.3) is 0 Å². The lowest BCUT2D eigenvalue weighted by atomic mass is 10.0. The van der Waals surface area contributed by atoms with Crippen molar-refractivity contribution in [2.75, 3.05) is 20.3 Å². The molecule has 5 atom stereocenters. The summed E-state index contributed by atoms with van der Waals surface area (Å²) in [6.07, 6.45) is 3.05. The van der Waals surface area contributed by atoms with E-state index >= 15 is 4.39 Å². The molecule has 2 fully saturated rings. The van der Waals surface area contributed by atoms with Gasteiger partial charge in [-0.25, -0.2) is 14.2 Å². The molecule has 3 aromatic rings. The van der Waals surface area contributed by atoms with E-state index in [0.717, 1.165) is 5.56 Å². The van der Waals surface area contributed by atoms with Gasteiger partial charge in [-0.1, -0.05) is 30.3 Å². The highest BCUT2D eigenvalue weighted by Crippen LogP contribution is 2.32. The largest absolute Gasteiger partial charge is 0.470 e. The number of halogens is 1. The molecule has 6 rings (SSSR count). The molecule has 1 amide bonds. The Bertz CT molecular complexity index is 1390. The molecule has 0 aliphatic carbocycles. The number of allylic oxidation sites excluding steroid dienone is 1. The van der Waals surface area contributed by atoms with Gasteiger partial charge < -0.3 is 34.4 Å². The van der Waals surface area contributed by atoms with Crippen LogP contribution in [0.25, 0.3) is 22.3 Å². The number of pyridine rings is 1. The molecule has 37 heavy (non-hydrogen) atoms. The van der Waals surface area contributed by atoms with Crippen molar-refractivity contribution in [2.45, 2.75) is 30.5 Å².